The number of hydrogen-bond acceptors (Lipinski definition) is 6. The van der Waals surface area contributed by atoms with Gasteiger partial charge >= 0.3 is 5.56 Å². The number of allylic oxidation sites excluding steroid dienone is 1. The van der Waals surface area contributed by atoms with Gasteiger partial charge in [-0.25, -0.2) is 24.3 Å². The van der Waals surface area contributed by atoms with E-state index in [4.69, 9.17) is 19.4 Å². The first-order valence-electron chi connectivity index (χ1n) is 10.2. The maximum absolute atomic E-state index is 13.3. The molecule has 0 unspecified atom stereocenters. The molecule has 164 valence electrons. The topological polar surface area (TPSA) is 97.7 Å². The van der Waals surface area contributed by atoms with Gasteiger partial charge in [-0.15, -0.1) is 9.78 Å². The zero-order valence-corrected chi connectivity index (χ0v) is 18.1. The van der Waals surface area contributed by atoms with Gasteiger partial charge in [-0.2, -0.15) is 0 Å². The van der Waals surface area contributed by atoms with E-state index in [1.54, 1.807) is 37.5 Å². The highest BCUT2D eigenvalue weighted by molar-refractivity contribution is 6.03. The Balaban J connectivity index is 1.82. The molecule has 0 bridgehead atoms. The Bertz CT molecular complexity index is 1620. The molecule has 0 aliphatic rings. The number of ether oxygens (including phenoxy) is 2. The summed E-state index contributed by atoms with van der Waals surface area (Å²) < 4.78 is 14.0. The van der Waals surface area contributed by atoms with Crippen LogP contribution >= 0.6 is 0 Å². The lowest BCUT2D eigenvalue weighted by Crippen LogP contribution is -2.26. The molecule has 3 aromatic heterocycles. The molecule has 2 aromatic carbocycles. The van der Waals surface area contributed by atoms with E-state index in [0.717, 1.165) is 0 Å². The van der Waals surface area contributed by atoms with Crippen molar-refractivity contribution in [3.63, 3.8) is 0 Å². The molecule has 0 aliphatic carbocycles. The Hall–Kier alpha value is -4.53. The van der Waals surface area contributed by atoms with E-state index in [9.17, 15) is 4.79 Å². The van der Waals surface area contributed by atoms with Crippen LogP contribution in [0.1, 0.15) is 5.56 Å². The Morgan fingerprint density at radius 2 is 1.88 bits per heavy atom. The third-order valence-corrected chi connectivity index (χ3v) is 5.34. The van der Waals surface area contributed by atoms with E-state index in [1.807, 2.05) is 42.5 Å². The molecule has 5 aromatic rings. The number of rotatable bonds is 6. The summed E-state index contributed by atoms with van der Waals surface area (Å²) in [7, 11) is 3.15. The summed E-state index contributed by atoms with van der Waals surface area (Å²) in [6, 6.07) is 13.0. The van der Waals surface area contributed by atoms with Crippen LogP contribution in [0, 0.1) is 0 Å². The van der Waals surface area contributed by atoms with Crippen LogP contribution in [-0.4, -0.2) is 39.6 Å². The number of nitrogens with zero attached hydrogens (tertiary/aromatic N) is 5. The van der Waals surface area contributed by atoms with E-state index in [1.165, 1.54) is 4.57 Å². The molecule has 0 radical (unpaired) electrons. The van der Waals surface area contributed by atoms with Crippen LogP contribution in [0.2, 0.25) is 0 Å². The second-order valence-electron chi connectivity index (χ2n) is 7.27. The molecule has 9 nitrogen and oxygen atoms in total. The molecule has 0 saturated carbocycles. The van der Waals surface area contributed by atoms with Gasteiger partial charge in [0.15, 0.2) is 23.2 Å². The van der Waals surface area contributed by atoms with Gasteiger partial charge < -0.3 is 9.47 Å². The van der Waals surface area contributed by atoms with E-state index in [2.05, 4.69) is 16.7 Å². The van der Waals surface area contributed by atoms with E-state index in [-0.39, 0.29) is 5.56 Å². The number of benzene rings is 2. The van der Waals surface area contributed by atoms with Crippen molar-refractivity contribution in [2.45, 2.75) is 6.54 Å². The van der Waals surface area contributed by atoms with Gasteiger partial charge in [-0.05, 0) is 24.3 Å². The van der Waals surface area contributed by atoms with Crippen molar-refractivity contribution < 1.29 is 14.5 Å². The minimum absolute atomic E-state index is 0.203. The van der Waals surface area contributed by atoms with Crippen LogP contribution in [0.5, 0.6) is 11.5 Å². The molecule has 0 aliphatic heterocycles. The van der Waals surface area contributed by atoms with Gasteiger partial charge in [0.05, 0.1) is 38.0 Å². The van der Waals surface area contributed by atoms with Gasteiger partial charge in [-0.1, -0.05) is 30.9 Å². The van der Waals surface area contributed by atoms with Crippen LogP contribution in [0.25, 0.3) is 33.2 Å². The minimum Gasteiger partial charge on any atom is -0.493 e. The largest absolute Gasteiger partial charge is 0.493 e. The highest BCUT2D eigenvalue weighted by Crippen LogP contribution is 2.30. The molecule has 3 heterocycles. The number of H-pyrrole nitrogens is 1. The number of para-hydroxylation sites is 3. The zero-order chi connectivity index (χ0) is 22.9. The molecule has 0 fully saturated rings. The number of aromatic nitrogens is 5. The molecular formula is C24H21N6O3+. The number of aromatic amines is 1. The lowest BCUT2D eigenvalue weighted by molar-refractivity contribution is -0.357. The molecule has 9 heteroatoms. The second kappa shape index (κ2) is 8.19. The van der Waals surface area contributed by atoms with Crippen molar-refractivity contribution in [3.05, 3.63) is 77.4 Å². The first-order chi connectivity index (χ1) is 16.2. The minimum atomic E-state index is -0.203. The van der Waals surface area contributed by atoms with Crippen LogP contribution in [0.4, 0.5) is 0 Å². The van der Waals surface area contributed by atoms with Crippen LogP contribution in [-0.2, 0) is 6.54 Å². The summed E-state index contributed by atoms with van der Waals surface area (Å²) in [5, 5.41) is 5.06. The molecule has 0 saturated heterocycles. The second-order valence-corrected chi connectivity index (χ2v) is 7.27. The smallest absolute Gasteiger partial charge is 0.323 e. The highest BCUT2D eigenvalue weighted by atomic mass is 16.5. The summed E-state index contributed by atoms with van der Waals surface area (Å²) in [6.45, 7) is 4.09. The van der Waals surface area contributed by atoms with E-state index >= 15 is 0 Å². The SMILES string of the molecule is C=CCn1c[nH+]c2c(c1=O)c1nc3ccccc3nc1n2/N=C/c1cccc(OC)c1OC. The third kappa shape index (κ3) is 3.30. The fourth-order valence-corrected chi connectivity index (χ4v) is 3.83. The predicted octanol–water partition coefficient (Wildman–Crippen LogP) is 2.80. The monoisotopic (exact) mass is 441 g/mol. The van der Waals surface area contributed by atoms with E-state index in [0.29, 0.717) is 56.8 Å². The quantitative estimate of drug-likeness (QED) is 0.298. The molecule has 0 amide bonds. The number of nitrogens with one attached hydrogen (secondary N) is 1. The fraction of sp³-hybridized carbons (Fsp3) is 0.125. The van der Waals surface area contributed by atoms with Crippen LogP contribution in [0.15, 0.2) is 71.3 Å². The number of fused-ring (bicyclic) bond motifs is 4. The summed E-state index contributed by atoms with van der Waals surface area (Å²) in [6.07, 6.45) is 4.90. The summed E-state index contributed by atoms with van der Waals surface area (Å²) in [4.78, 5) is 25.9. The van der Waals surface area contributed by atoms with Crippen molar-refractivity contribution in [2.24, 2.45) is 5.10 Å². The van der Waals surface area contributed by atoms with Gasteiger partial charge in [0.1, 0.15) is 5.52 Å². The maximum Gasteiger partial charge on any atom is 0.323 e. The van der Waals surface area contributed by atoms with E-state index < -0.39 is 0 Å². The lowest BCUT2D eigenvalue weighted by atomic mass is 10.2. The average molecular weight is 441 g/mol. The molecular weight excluding hydrogens is 420 g/mol. The fourth-order valence-electron chi connectivity index (χ4n) is 3.83. The van der Waals surface area contributed by atoms with Gasteiger partial charge in [0, 0.05) is 5.56 Å². The Morgan fingerprint density at radius 1 is 1.09 bits per heavy atom. The maximum atomic E-state index is 13.3. The number of methoxy groups -OCH3 is 2. The van der Waals surface area contributed by atoms with Crippen molar-refractivity contribution in [1.82, 2.24) is 19.2 Å². The summed E-state index contributed by atoms with van der Waals surface area (Å²) >= 11 is 0. The lowest BCUT2D eigenvalue weighted by Gasteiger charge is -2.09. The normalized spacial score (nSPS) is 11.6. The van der Waals surface area contributed by atoms with Crippen molar-refractivity contribution >= 4 is 39.4 Å². The van der Waals surface area contributed by atoms with Crippen molar-refractivity contribution in [1.29, 1.82) is 0 Å². The summed E-state index contributed by atoms with van der Waals surface area (Å²) in [5.41, 5.74) is 3.33. The molecule has 0 atom stereocenters. The van der Waals surface area contributed by atoms with Gasteiger partial charge in [0.2, 0.25) is 5.65 Å². The summed E-state index contributed by atoms with van der Waals surface area (Å²) in [5.74, 6) is 1.15. The molecule has 1 N–H and O–H groups in total. The van der Waals surface area contributed by atoms with Crippen molar-refractivity contribution in [3.8, 4) is 11.5 Å². The predicted molar refractivity (Wildman–Crippen MR) is 126 cm³/mol. The molecule has 0 spiro atoms. The van der Waals surface area contributed by atoms with Gasteiger partial charge in [-0.3, -0.25) is 0 Å². The highest BCUT2D eigenvalue weighted by Gasteiger charge is 2.24. The number of hydrogen-bond donors (Lipinski definition) is 0. The third-order valence-electron chi connectivity index (χ3n) is 5.34. The Kier molecular flexibility index (Phi) is 5.06. The molecule has 33 heavy (non-hydrogen) atoms. The first-order valence-corrected chi connectivity index (χ1v) is 10.2. The standard InChI is InChI=1S/C24H20N6O3/c1-4-12-29-14-25-22-19(24(29)31)20-23(28-17-10-6-5-9-16(17)27-20)30(22)26-13-15-8-7-11-18(32-2)21(15)33-3/h4-11,13-14H,1,12H2,2-3H3/p+1/b26-13+. The van der Waals surface area contributed by atoms with Crippen molar-refractivity contribution in [2.75, 3.05) is 14.2 Å². The zero-order valence-electron chi connectivity index (χ0n) is 18.1. The van der Waals surface area contributed by atoms with Gasteiger partial charge in [0.25, 0.3) is 5.65 Å². The van der Waals surface area contributed by atoms with Crippen LogP contribution < -0.4 is 20.0 Å². The van der Waals surface area contributed by atoms with Crippen LogP contribution in [0.3, 0.4) is 0 Å². The Morgan fingerprint density at radius 3 is 2.61 bits per heavy atom. The first kappa shape index (κ1) is 20.4. The molecule has 5 rings (SSSR count). The average Bonchev–Trinajstić information content (AvgIpc) is 3.15. The Labute approximate surface area is 188 Å².